The molecule has 1 aromatic rings. The zero-order valence-electron chi connectivity index (χ0n) is 12.5. The van der Waals surface area contributed by atoms with Crippen LogP contribution < -0.4 is 4.74 Å². The van der Waals surface area contributed by atoms with Gasteiger partial charge in [-0.05, 0) is 43.9 Å². The number of methoxy groups -OCH3 is 1. The van der Waals surface area contributed by atoms with Crippen LogP contribution in [0.25, 0.3) is 0 Å². The van der Waals surface area contributed by atoms with Gasteiger partial charge in [-0.2, -0.15) is 0 Å². The highest BCUT2D eigenvalue weighted by atomic mass is 16.7. The second-order valence-electron chi connectivity index (χ2n) is 5.58. The SMILES string of the molecule is COc1cccc(CCCO)c1CC1COC(C)(C)O1. The summed E-state index contributed by atoms with van der Waals surface area (Å²) < 4.78 is 17.0. The highest BCUT2D eigenvalue weighted by Gasteiger charge is 2.33. The smallest absolute Gasteiger partial charge is 0.163 e. The lowest BCUT2D eigenvalue weighted by atomic mass is 9.97. The van der Waals surface area contributed by atoms with Gasteiger partial charge in [0, 0.05) is 13.0 Å². The van der Waals surface area contributed by atoms with Crippen molar-refractivity contribution in [3.05, 3.63) is 29.3 Å². The minimum atomic E-state index is -0.502. The largest absolute Gasteiger partial charge is 0.496 e. The average molecular weight is 280 g/mol. The quantitative estimate of drug-likeness (QED) is 0.868. The maximum Gasteiger partial charge on any atom is 0.163 e. The van der Waals surface area contributed by atoms with Crippen LogP contribution in [-0.2, 0) is 22.3 Å². The lowest BCUT2D eigenvalue weighted by Crippen LogP contribution is -2.22. The third-order valence-electron chi connectivity index (χ3n) is 3.55. The number of benzene rings is 1. The maximum absolute atomic E-state index is 9.02. The molecule has 1 aliphatic heterocycles. The fourth-order valence-corrected chi connectivity index (χ4v) is 2.63. The van der Waals surface area contributed by atoms with Gasteiger partial charge in [-0.1, -0.05) is 12.1 Å². The molecule has 2 rings (SSSR count). The zero-order valence-corrected chi connectivity index (χ0v) is 12.5. The highest BCUT2D eigenvalue weighted by molar-refractivity contribution is 5.41. The Balaban J connectivity index is 2.15. The van der Waals surface area contributed by atoms with E-state index in [0.29, 0.717) is 6.61 Å². The minimum absolute atomic E-state index is 0.0502. The molecule has 20 heavy (non-hydrogen) atoms. The van der Waals surface area contributed by atoms with Crippen LogP contribution in [0.4, 0.5) is 0 Å². The summed E-state index contributed by atoms with van der Waals surface area (Å²) in [7, 11) is 1.69. The molecule has 0 bridgehead atoms. The molecule has 1 heterocycles. The summed E-state index contributed by atoms with van der Waals surface area (Å²) in [4.78, 5) is 0. The van der Waals surface area contributed by atoms with Crippen LogP contribution in [0.5, 0.6) is 5.75 Å². The van der Waals surface area contributed by atoms with Crippen LogP contribution >= 0.6 is 0 Å². The molecule has 1 unspecified atom stereocenters. The van der Waals surface area contributed by atoms with Crippen LogP contribution in [0.15, 0.2) is 18.2 Å². The van der Waals surface area contributed by atoms with E-state index >= 15 is 0 Å². The van der Waals surface area contributed by atoms with E-state index in [9.17, 15) is 0 Å². The van der Waals surface area contributed by atoms with Gasteiger partial charge in [0.15, 0.2) is 5.79 Å². The second-order valence-corrected chi connectivity index (χ2v) is 5.58. The van der Waals surface area contributed by atoms with Crippen molar-refractivity contribution in [3.63, 3.8) is 0 Å². The third kappa shape index (κ3) is 3.72. The first-order valence-corrected chi connectivity index (χ1v) is 7.13. The Labute approximate surface area is 120 Å². The Morgan fingerprint density at radius 1 is 1.40 bits per heavy atom. The Kier molecular flexibility index (Phi) is 5.02. The minimum Gasteiger partial charge on any atom is -0.496 e. The van der Waals surface area contributed by atoms with E-state index < -0.39 is 5.79 Å². The van der Waals surface area contributed by atoms with Gasteiger partial charge < -0.3 is 19.3 Å². The van der Waals surface area contributed by atoms with Gasteiger partial charge in [0.05, 0.1) is 19.8 Å². The first-order valence-electron chi connectivity index (χ1n) is 7.13. The van der Waals surface area contributed by atoms with E-state index in [0.717, 1.165) is 30.6 Å². The molecule has 1 aliphatic rings. The van der Waals surface area contributed by atoms with Gasteiger partial charge in [-0.15, -0.1) is 0 Å². The molecular weight excluding hydrogens is 256 g/mol. The molecule has 0 aliphatic carbocycles. The number of rotatable bonds is 6. The van der Waals surface area contributed by atoms with E-state index in [2.05, 4.69) is 6.07 Å². The molecule has 112 valence electrons. The molecule has 1 N–H and O–H groups in total. The van der Waals surface area contributed by atoms with Crippen LogP contribution in [0.3, 0.4) is 0 Å². The Bertz CT molecular complexity index is 442. The number of aliphatic hydroxyl groups excluding tert-OH is 1. The van der Waals surface area contributed by atoms with E-state index in [1.54, 1.807) is 7.11 Å². The third-order valence-corrected chi connectivity index (χ3v) is 3.55. The summed E-state index contributed by atoms with van der Waals surface area (Å²) in [6.07, 6.45) is 2.43. The van der Waals surface area contributed by atoms with E-state index in [4.69, 9.17) is 19.3 Å². The molecule has 1 atom stereocenters. The van der Waals surface area contributed by atoms with Crippen LogP contribution in [0.2, 0.25) is 0 Å². The molecule has 0 radical (unpaired) electrons. The van der Waals surface area contributed by atoms with Crippen LogP contribution in [-0.4, -0.2) is 37.3 Å². The predicted molar refractivity (Wildman–Crippen MR) is 77.0 cm³/mol. The van der Waals surface area contributed by atoms with Crippen molar-refractivity contribution in [1.29, 1.82) is 0 Å². The molecule has 0 spiro atoms. The van der Waals surface area contributed by atoms with E-state index in [1.165, 1.54) is 5.56 Å². The first-order chi connectivity index (χ1) is 9.55. The van der Waals surface area contributed by atoms with Gasteiger partial charge in [-0.25, -0.2) is 0 Å². The molecule has 4 nitrogen and oxygen atoms in total. The molecular formula is C16H24O4. The van der Waals surface area contributed by atoms with Gasteiger partial charge in [-0.3, -0.25) is 0 Å². The normalized spacial score (nSPS) is 21.1. The molecule has 0 amide bonds. The fraction of sp³-hybridized carbons (Fsp3) is 0.625. The van der Waals surface area contributed by atoms with Gasteiger partial charge >= 0.3 is 0 Å². The topological polar surface area (TPSA) is 47.9 Å². The van der Waals surface area contributed by atoms with Crippen molar-refractivity contribution in [1.82, 2.24) is 0 Å². The summed E-state index contributed by atoms with van der Waals surface area (Å²) in [6, 6.07) is 6.05. The molecule has 4 heteroatoms. The second kappa shape index (κ2) is 6.57. The summed E-state index contributed by atoms with van der Waals surface area (Å²) >= 11 is 0. The molecule has 1 saturated heterocycles. The van der Waals surface area contributed by atoms with Crippen molar-refractivity contribution in [2.24, 2.45) is 0 Å². The van der Waals surface area contributed by atoms with E-state index in [-0.39, 0.29) is 12.7 Å². The summed E-state index contributed by atoms with van der Waals surface area (Å²) in [6.45, 7) is 4.67. The molecule has 0 aromatic heterocycles. The van der Waals surface area contributed by atoms with Crippen molar-refractivity contribution in [2.45, 2.75) is 45.0 Å². The number of ether oxygens (including phenoxy) is 3. The Hall–Kier alpha value is -1.10. The number of aliphatic hydroxyl groups is 1. The van der Waals surface area contributed by atoms with Gasteiger partial charge in [0.1, 0.15) is 5.75 Å². The van der Waals surface area contributed by atoms with Crippen LogP contribution in [0, 0.1) is 0 Å². The predicted octanol–water partition coefficient (Wildman–Crippen LogP) is 2.31. The monoisotopic (exact) mass is 280 g/mol. The fourth-order valence-electron chi connectivity index (χ4n) is 2.63. The number of aryl methyl sites for hydroxylation is 1. The van der Waals surface area contributed by atoms with Crippen LogP contribution in [0.1, 0.15) is 31.4 Å². The summed E-state index contributed by atoms with van der Waals surface area (Å²) in [5.74, 6) is 0.381. The lowest BCUT2D eigenvalue weighted by Gasteiger charge is -2.19. The van der Waals surface area contributed by atoms with Gasteiger partial charge in [0.2, 0.25) is 0 Å². The summed E-state index contributed by atoms with van der Waals surface area (Å²) in [5, 5.41) is 9.02. The number of hydrogen-bond acceptors (Lipinski definition) is 4. The highest BCUT2D eigenvalue weighted by Crippen LogP contribution is 2.30. The number of hydrogen-bond donors (Lipinski definition) is 1. The molecule has 1 aromatic carbocycles. The molecule has 0 saturated carbocycles. The standard InChI is InChI=1S/C16H24O4/c1-16(2)19-11-13(20-16)10-14-12(7-5-9-17)6-4-8-15(14)18-3/h4,6,8,13,17H,5,7,9-11H2,1-3H3. The average Bonchev–Trinajstić information content (AvgIpc) is 2.76. The maximum atomic E-state index is 9.02. The van der Waals surface area contributed by atoms with Crippen molar-refractivity contribution >= 4 is 0 Å². The van der Waals surface area contributed by atoms with Gasteiger partial charge in [0.25, 0.3) is 0 Å². The Morgan fingerprint density at radius 2 is 2.20 bits per heavy atom. The lowest BCUT2D eigenvalue weighted by molar-refractivity contribution is -0.138. The first kappa shape index (κ1) is 15.3. The van der Waals surface area contributed by atoms with Crippen molar-refractivity contribution < 1.29 is 19.3 Å². The van der Waals surface area contributed by atoms with E-state index in [1.807, 2.05) is 26.0 Å². The van der Waals surface area contributed by atoms with Crippen molar-refractivity contribution in [3.8, 4) is 5.75 Å². The molecule has 1 fully saturated rings. The Morgan fingerprint density at radius 3 is 2.80 bits per heavy atom. The zero-order chi connectivity index (χ0) is 14.6. The van der Waals surface area contributed by atoms with Crippen molar-refractivity contribution in [2.75, 3.05) is 20.3 Å². The summed E-state index contributed by atoms with van der Waals surface area (Å²) in [5.41, 5.74) is 2.38.